The van der Waals surface area contributed by atoms with Crippen LogP contribution in [0.2, 0.25) is 0 Å². The van der Waals surface area contributed by atoms with Crippen molar-refractivity contribution in [3.8, 4) is 0 Å². The minimum absolute atomic E-state index is 0.0398. The molecule has 0 fully saturated rings. The van der Waals surface area contributed by atoms with Crippen LogP contribution in [-0.2, 0) is 19.5 Å². The molecule has 0 spiro atoms. The maximum absolute atomic E-state index is 14.3. The molecule has 4 nitrogen and oxygen atoms in total. The number of carbonyl (C=O) groups excluding carboxylic acids is 1. The van der Waals surface area contributed by atoms with E-state index in [1.807, 2.05) is 18.2 Å². The second kappa shape index (κ2) is 6.88. The SMILES string of the molecule is O=C(c1cc2occc2n1Cc1cccc(F)c1F)N1CCc2ccccc2C1. The first-order valence-electron chi connectivity index (χ1n) is 9.47. The number of rotatable bonds is 3. The normalized spacial score (nSPS) is 13.7. The third-order valence-corrected chi connectivity index (χ3v) is 5.52. The standard InChI is InChI=1S/C23H18F2N2O2/c24-18-7-3-6-17(22(18)25)14-27-19-9-11-29-21(19)12-20(27)23(28)26-10-8-15-4-1-2-5-16(15)13-26/h1-7,9,11-12H,8,10,13-14H2. The Hall–Kier alpha value is -3.41. The number of halogens is 2. The molecule has 3 heterocycles. The molecule has 0 radical (unpaired) electrons. The Morgan fingerprint density at radius 1 is 1.03 bits per heavy atom. The highest BCUT2D eigenvalue weighted by atomic mass is 19.2. The molecule has 0 saturated carbocycles. The Bertz CT molecular complexity index is 1220. The van der Waals surface area contributed by atoms with E-state index in [1.54, 1.807) is 21.6 Å². The van der Waals surface area contributed by atoms with Crippen LogP contribution < -0.4 is 0 Å². The van der Waals surface area contributed by atoms with Gasteiger partial charge in [-0.15, -0.1) is 0 Å². The highest BCUT2D eigenvalue weighted by Crippen LogP contribution is 2.27. The third kappa shape index (κ3) is 3.01. The molecule has 0 aliphatic carbocycles. The van der Waals surface area contributed by atoms with E-state index in [9.17, 15) is 13.6 Å². The lowest BCUT2D eigenvalue weighted by Crippen LogP contribution is -2.37. The average Bonchev–Trinajstić information content (AvgIpc) is 3.33. The van der Waals surface area contributed by atoms with E-state index >= 15 is 0 Å². The van der Waals surface area contributed by atoms with Gasteiger partial charge in [0.15, 0.2) is 17.2 Å². The lowest BCUT2D eigenvalue weighted by atomic mass is 10.00. The van der Waals surface area contributed by atoms with Gasteiger partial charge in [-0.2, -0.15) is 0 Å². The maximum Gasteiger partial charge on any atom is 0.270 e. The van der Waals surface area contributed by atoms with E-state index in [-0.39, 0.29) is 18.0 Å². The molecular weight excluding hydrogens is 374 g/mol. The van der Waals surface area contributed by atoms with Crippen LogP contribution in [0.4, 0.5) is 8.78 Å². The minimum atomic E-state index is -0.904. The zero-order valence-electron chi connectivity index (χ0n) is 15.6. The summed E-state index contributed by atoms with van der Waals surface area (Å²) in [5.74, 6) is -1.95. The molecule has 5 rings (SSSR count). The Morgan fingerprint density at radius 2 is 1.86 bits per heavy atom. The molecule has 1 aliphatic heterocycles. The van der Waals surface area contributed by atoms with Crippen molar-refractivity contribution in [3.05, 3.63) is 94.9 Å². The smallest absolute Gasteiger partial charge is 0.270 e. The molecule has 0 unspecified atom stereocenters. The van der Waals surface area contributed by atoms with Crippen molar-refractivity contribution in [2.75, 3.05) is 6.54 Å². The van der Waals surface area contributed by atoms with Crippen molar-refractivity contribution in [2.45, 2.75) is 19.5 Å². The summed E-state index contributed by atoms with van der Waals surface area (Å²) in [4.78, 5) is 15.1. The first-order chi connectivity index (χ1) is 14.1. The Kier molecular flexibility index (Phi) is 4.19. The molecule has 0 atom stereocenters. The van der Waals surface area contributed by atoms with Gasteiger partial charge < -0.3 is 13.9 Å². The van der Waals surface area contributed by atoms with E-state index < -0.39 is 11.6 Å². The first-order valence-corrected chi connectivity index (χ1v) is 9.47. The molecule has 0 saturated heterocycles. The molecule has 1 amide bonds. The summed E-state index contributed by atoms with van der Waals surface area (Å²) in [7, 11) is 0. The number of carbonyl (C=O) groups is 1. The average molecular weight is 392 g/mol. The van der Waals surface area contributed by atoms with E-state index in [0.717, 1.165) is 18.1 Å². The number of fused-ring (bicyclic) bond motifs is 2. The Balaban J connectivity index is 1.52. The van der Waals surface area contributed by atoms with Gasteiger partial charge in [-0.25, -0.2) is 8.78 Å². The van der Waals surface area contributed by atoms with Gasteiger partial charge in [-0.1, -0.05) is 36.4 Å². The number of aromatic nitrogens is 1. The van der Waals surface area contributed by atoms with Crippen molar-refractivity contribution >= 4 is 17.0 Å². The fourth-order valence-electron chi connectivity index (χ4n) is 4.00. The quantitative estimate of drug-likeness (QED) is 0.504. The van der Waals surface area contributed by atoms with Gasteiger partial charge in [-0.05, 0) is 23.6 Å². The van der Waals surface area contributed by atoms with Gasteiger partial charge in [0.25, 0.3) is 5.91 Å². The molecule has 2 aromatic heterocycles. The number of hydrogen-bond acceptors (Lipinski definition) is 2. The van der Waals surface area contributed by atoms with E-state index in [4.69, 9.17) is 4.42 Å². The largest absolute Gasteiger partial charge is 0.463 e. The van der Waals surface area contributed by atoms with Gasteiger partial charge in [0.2, 0.25) is 0 Å². The second-order valence-corrected chi connectivity index (χ2v) is 7.24. The molecule has 0 bridgehead atoms. The third-order valence-electron chi connectivity index (χ3n) is 5.52. The van der Waals surface area contributed by atoms with Gasteiger partial charge >= 0.3 is 0 Å². The van der Waals surface area contributed by atoms with Crippen molar-refractivity contribution in [2.24, 2.45) is 0 Å². The number of amides is 1. The van der Waals surface area contributed by atoms with Crippen LogP contribution in [0.25, 0.3) is 11.1 Å². The number of benzene rings is 2. The molecule has 146 valence electrons. The summed E-state index contributed by atoms with van der Waals surface area (Å²) in [5.41, 5.74) is 4.19. The van der Waals surface area contributed by atoms with Gasteiger partial charge in [-0.3, -0.25) is 4.79 Å². The lowest BCUT2D eigenvalue weighted by Gasteiger charge is -2.29. The van der Waals surface area contributed by atoms with Crippen LogP contribution in [0.1, 0.15) is 27.2 Å². The maximum atomic E-state index is 14.3. The predicted octanol–water partition coefficient (Wildman–Crippen LogP) is 4.76. The molecular formula is C23H18F2N2O2. The summed E-state index contributed by atoms with van der Waals surface area (Å²) in [6.07, 6.45) is 2.31. The van der Waals surface area contributed by atoms with Gasteiger partial charge in [0.1, 0.15) is 5.69 Å². The van der Waals surface area contributed by atoms with Gasteiger partial charge in [0, 0.05) is 30.8 Å². The summed E-state index contributed by atoms with van der Waals surface area (Å²) in [6.45, 7) is 1.17. The second-order valence-electron chi connectivity index (χ2n) is 7.24. The first kappa shape index (κ1) is 17.7. The highest BCUT2D eigenvalue weighted by molar-refractivity contribution is 5.97. The molecule has 4 aromatic rings. The van der Waals surface area contributed by atoms with Crippen molar-refractivity contribution in [1.82, 2.24) is 9.47 Å². The molecule has 2 aromatic carbocycles. The summed E-state index contributed by atoms with van der Waals surface area (Å²) >= 11 is 0. The van der Waals surface area contributed by atoms with Crippen LogP contribution in [0.15, 0.2) is 65.3 Å². The fourth-order valence-corrected chi connectivity index (χ4v) is 4.00. The molecule has 29 heavy (non-hydrogen) atoms. The fraction of sp³-hybridized carbons (Fsp3) is 0.174. The predicted molar refractivity (Wildman–Crippen MR) is 105 cm³/mol. The van der Waals surface area contributed by atoms with Crippen LogP contribution in [0, 0.1) is 11.6 Å². The van der Waals surface area contributed by atoms with Crippen LogP contribution in [0.3, 0.4) is 0 Å². The molecule has 1 aliphatic rings. The topological polar surface area (TPSA) is 38.4 Å². The number of nitrogens with zero attached hydrogens (tertiary/aromatic N) is 2. The van der Waals surface area contributed by atoms with Crippen molar-refractivity contribution in [1.29, 1.82) is 0 Å². The lowest BCUT2D eigenvalue weighted by molar-refractivity contribution is 0.0724. The molecule has 6 heteroatoms. The highest BCUT2D eigenvalue weighted by Gasteiger charge is 2.26. The number of furan rings is 1. The van der Waals surface area contributed by atoms with E-state index in [2.05, 4.69) is 6.07 Å². The zero-order chi connectivity index (χ0) is 20.0. The van der Waals surface area contributed by atoms with E-state index in [1.165, 1.54) is 24.0 Å². The number of hydrogen-bond donors (Lipinski definition) is 0. The Morgan fingerprint density at radius 3 is 2.72 bits per heavy atom. The van der Waals surface area contributed by atoms with Crippen LogP contribution in [-0.4, -0.2) is 21.9 Å². The summed E-state index contributed by atoms with van der Waals surface area (Å²) in [6, 6.07) is 15.6. The minimum Gasteiger partial charge on any atom is -0.463 e. The van der Waals surface area contributed by atoms with Crippen LogP contribution in [0.5, 0.6) is 0 Å². The molecule has 0 N–H and O–H groups in total. The van der Waals surface area contributed by atoms with Crippen LogP contribution >= 0.6 is 0 Å². The Labute approximate surface area is 166 Å². The monoisotopic (exact) mass is 392 g/mol. The van der Waals surface area contributed by atoms with Gasteiger partial charge in [0.05, 0.1) is 18.3 Å². The zero-order valence-corrected chi connectivity index (χ0v) is 15.6. The van der Waals surface area contributed by atoms with Crippen molar-refractivity contribution in [3.63, 3.8) is 0 Å². The summed E-state index contributed by atoms with van der Waals surface area (Å²) in [5, 5.41) is 0. The van der Waals surface area contributed by atoms with E-state index in [0.29, 0.717) is 29.9 Å². The van der Waals surface area contributed by atoms with Crippen molar-refractivity contribution < 1.29 is 18.0 Å². The summed E-state index contributed by atoms with van der Waals surface area (Å²) < 4.78 is 35.1.